The van der Waals surface area contributed by atoms with Crippen molar-refractivity contribution in [3.05, 3.63) is 53.2 Å². The first-order valence-electron chi connectivity index (χ1n) is 6.28. The molecule has 0 radical (unpaired) electrons. The molecule has 1 aliphatic carbocycles. The number of pyridine rings is 1. The van der Waals surface area contributed by atoms with Crippen LogP contribution in [-0.4, -0.2) is 11.0 Å². The van der Waals surface area contributed by atoms with Gasteiger partial charge in [-0.3, -0.25) is 0 Å². The Kier molecular flexibility index (Phi) is 2.67. The van der Waals surface area contributed by atoms with Crippen LogP contribution in [0.3, 0.4) is 0 Å². The first-order valence-corrected chi connectivity index (χ1v) is 6.28. The maximum atomic E-state index is 5.90. The van der Waals surface area contributed by atoms with Gasteiger partial charge >= 0.3 is 0 Å². The molecule has 3 rings (SSSR count). The Balaban J connectivity index is 1.74. The summed E-state index contributed by atoms with van der Waals surface area (Å²) in [4.78, 5) is 4.37. The van der Waals surface area contributed by atoms with Crippen LogP contribution in [0.4, 0.5) is 11.5 Å². The lowest BCUT2D eigenvalue weighted by Crippen LogP contribution is -2.20. The number of nitrogens with two attached hydrogens (primary N) is 1. The molecule has 0 amide bonds. The highest BCUT2D eigenvalue weighted by Gasteiger charge is 2.20. The van der Waals surface area contributed by atoms with E-state index in [0.29, 0.717) is 6.04 Å². The molecule has 0 atom stereocenters. The van der Waals surface area contributed by atoms with Gasteiger partial charge in [-0.25, -0.2) is 4.98 Å². The summed E-state index contributed by atoms with van der Waals surface area (Å²) in [6, 6.07) is 10.9. The summed E-state index contributed by atoms with van der Waals surface area (Å²) < 4.78 is 0. The number of aromatic nitrogens is 1. The van der Waals surface area contributed by atoms with Crippen LogP contribution in [-0.2, 0) is 12.8 Å². The fraction of sp³-hybridized carbons (Fsp3) is 0.267. The van der Waals surface area contributed by atoms with Crippen molar-refractivity contribution in [3.63, 3.8) is 0 Å². The summed E-state index contributed by atoms with van der Waals surface area (Å²) in [5.74, 6) is 0.871. The molecule has 3 heteroatoms. The number of rotatable bonds is 2. The van der Waals surface area contributed by atoms with Crippen LogP contribution in [0.25, 0.3) is 0 Å². The van der Waals surface area contributed by atoms with Crippen LogP contribution in [0.1, 0.15) is 16.7 Å². The van der Waals surface area contributed by atoms with E-state index in [4.69, 9.17) is 5.73 Å². The zero-order chi connectivity index (χ0) is 12.5. The number of nitrogens with one attached hydrogen (secondary N) is 1. The molecule has 92 valence electrons. The molecule has 0 saturated heterocycles. The van der Waals surface area contributed by atoms with Gasteiger partial charge in [0, 0.05) is 24.0 Å². The lowest BCUT2D eigenvalue weighted by atomic mass is 10.1. The average molecular weight is 239 g/mol. The molecule has 0 aliphatic heterocycles. The van der Waals surface area contributed by atoms with E-state index in [1.165, 1.54) is 11.1 Å². The van der Waals surface area contributed by atoms with Gasteiger partial charge in [-0.2, -0.15) is 0 Å². The molecule has 0 bridgehead atoms. The van der Waals surface area contributed by atoms with Crippen LogP contribution in [0.5, 0.6) is 0 Å². The number of fused-ring (bicyclic) bond motifs is 1. The van der Waals surface area contributed by atoms with Crippen LogP contribution >= 0.6 is 0 Å². The number of hydrogen-bond donors (Lipinski definition) is 2. The second-order valence-electron chi connectivity index (χ2n) is 4.94. The summed E-state index contributed by atoms with van der Waals surface area (Å²) >= 11 is 0. The van der Waals surface area contributed by atoms with E-state index in [1.54, 1.807) is 0 Å². The van der Waals surface area contributed by atoms with Crippen LogP contribution in [0, 0.1) is 6.92 Å². The highest BCUT2D eigenvalue weighted by molar-refractivity contribution is 5.54. The molecule has 1 heterocycles. The Labute approximate surface area is 107 Å². The average Bonchev–Trinajstić information content (AvgIpc) is 2.76. The predicted octanol–water partition coefficient (Wildman–Crippen LogP) is 2.55. The van der Waals surface area contributed by atoms with Crippen LogP contribution < -0.4 is 11.1 Å². The monoisotopic (exact) mass is 239 g/mol. The van der Waals surface area contributed by atoms with Crippen molar-refractivity contribution in [1.29, 1.82) is 0 Å². The number of aryl methyl sites for hydroxylation is 1. The standard InChI is InChI=1S/C15H17N3/c1-10-9-17-15(8-14(10)16)18-13-6-11-4-2-3-5-12(11)7-13/h2-5,8-9,13H,6-7H2,1H3,(H3,16,17,18). The van der Waals surface area contributed by atoms with E-state index in [-0.39, 0.29) is 0 Å². The summed E-state index contributed by atoms with van der Waals surface area (Å²) in [7, 11) is 0. The van der Waals surface area contributed by atoms with Gasteiger partial charge in [-0.1, -0.05) is 24.3 Å². The molecular weight excluding hydrogens is 222 g/mol. The minimum atomic E-state index is 0.428. The molecule has 2 aromatic rings. The van der Waals surface area contributed by atoms with Gasteiger partial charge in [0.15, 0.2) is 0 Å². The number of benzene rings is 1. The third-order valence-electron chi connectivity index (χ3n) is 3.55. The Morgan fingerprint density at radius 2 is 1.89 bits per heavy atom. The second kappa shape index (κ2) is 4.33. The van der Waals surface area contributed by atoms with E-state index in [9.17, 15) is 0 Å². The maximum absolute atomic E-state index is 5.90. The minimum Gasteiger partial charge on any atom is -0.398 e. The highest BCUT2D eigenvalue weighted by atomic mass is 15.0. The normalized spacial score (nSPS) is 14.5. The molecule has 0 saturated carbocycles. The van der Waals surface area contributed by atoms with Crippen molar-refractivity contribution in [3.8, 4) is 0 Å². The predicted molar refractivity (Wildman–Crippen MR) is 74.6 cm³/mol. The fourth-order valence-electron chi connectivity index (χ4n) is 2.49. The summed E-state index contributed by atoms with van der Waals surface area (Å²) in [5.41, 5.74) is 10.6. The Bertz CT molecular complexity index is 553. The van der Waals surface area contributed by atoms with Crippen molar-refractivity contribution in [2.24, 2.45) is 0 Å². The maximum Gasteiger partial charge on any atom is 0.128 e. The van der Waals surface area contributed by atoms with E-state index in [0.717, 1.165) is 29.9 Å². The lowest BCUT2D eigenvalue weighted by molar-refractivity contribution is 0.769. The van der Waals surface area contributed by atoms with Gasteiger partial charge in [0.2, 0.25) is 0 Å². The van der Waals surface area contributed by atoms with E-state index in [1.807, 2.05) is 19.2 Å². The van der Waals surface area contributed by atoms with Gasteiger partial charge in [0.25, 0.3) is 0 Å². The second-order valence-corrected chi connectivity index (χ2v) is 4.94. The number of nitrogen functional groups attached to an aromatic ring is 1. The largest absolute Gasteiger partial charge is 0.398 e. The third-order valence-corrected chi connectivity index (χ3v) is 3.55. The van der Waals surface area contributed by atoms with Gasteiger partial charge in [-0.15, -0.1) is 0 Å². The molecule has 3 nitrogen and oxygen atoms in total. The zero-order valence-electron chi connectivity index (χ0n) is 10.5. The molecule has 1 aromatic heterocycles. The van der Waals surface area contributed by atoms with Crippen LogP contribution in [0.2, 0.25) is 0 Å². The Hall–Kier alpha value is -2.03. The number of nitrogens with zero attached hydrogens (tertiary/aromatic N) is 1. The third kappa shape index (κ3) is 2.04. The summed E-state index contributed by atoms with van der Waals surface area (Å²) in [6.45, 7) is 1.97. The molecular formula is C15H17N3. The van der Waals surface area contributed by atoms with E-state index < -0.39 is 0 Å². The SMILES string of the molecule is Cc1cnc(NC2Cc3ccccc3C2)cc1N. The molecule has 1 aromatic carbocycles. The molecule has 0 fully saturated rings. The lowest BCUT2D eigenvalue weighted by Gasteiger charge is -2.13. The van der Waals surface area contributed by atoms with Gasteiger partial charge < -0.3 is 11.1 Å². The minimum absolute atomic E-state index is 0.428. The molecule has 0 spiro atoms. The van der Waals surface area contributed by atoms with Crippen molar-refractivity contribution in [2.75, 3.05) is 11.1 Å². The highest BCUT2D eigenvalue weighted by Crippen LogP contribution is 2.24. The zero-order valence-corrected chi connectivity index (χ0v) is 10.5. The summed E-state index contributed by atoms with van der Waals surface area (Å²) in [6.07, 6.45) is 3.94. The van der Waals surface area contributed by atoms with Crippen molar-refractivity contribution < 1.29 is 0 Å². The number of hydrogen-bond acceptors (Lipinski definition) is 3. The topological polar surface area (TPSA) is 50.9 Å². The first-order chi connectivity index (χ1) is 8.72. The summed E-state index contributed by atoms with van der Waals surface area (Å²) in [5, 5.41) is 3.46. The Morgan fingerprint density at radius 3 is 2.50 bits per heavy atom. The molecule has 1 aliphatic rings. The molecule has 18 heavy (non-hydrogen) atoms. The van der Waals surface area contributed by atoms with E-state index >= 15 is 0 Å². The van der Waals surface area contributed by atoms with Gasteiger partial charge in [0.05, 0.1) is 0 Å². The molecule has 3 N–H and O–H groups in total. The van der Waals surface area contributed by atoms with E-state index in [2.05, 4.69) is 34.6 Å². The molecule has 0 unspecified atom stereocenters. The van der Waals surface area contributed by atoms with Crippen molar-refractivity contribution in [1.82, 2.24) is 4.98 Å². The smallest absolute Gasteiger partial charge is 0.128 e. The van der Waals surface area contributed by atoms with Crippen LogP contribution in [0.15, 0.2) is 36.5 Å². The Morgan fingerprint density at radius 1 is 1.22 bits per heavy atom. The fourth-order valence-corrected chi connectivity index (χ4v) is 2.49. The first kappa shape index (κ1) is 11.1. The number of anilines is 2. The van der Waals surface area contributed by atoms with Gasteiger partial charge in [0.1, 0.15) is 5.82 Å². The quantitative estimate of drug-likeness (QED) is 0.846. The van der Waals surface area contributed by atoms with Crippen molar-refractivity contribution in [2.45, 2.75) is 25.8 Å². The van der Waals surface area contributed by atoms with Crippen molar-refractivity contribution >= 4 is 11.5 Å². The van der Waals surface area contributed by atoms with Gasteiger partial charge in [-0.05, 0) is 36.5 Å².